The molecular weight excluding hydrogens is 136 g/mol. The summed E-state index contributed by atoms with van der Waals surface area (Å²) in [5.41, 5.74) is 0. The van der Waals surface area contributed by atoms with Gasteiger partial charge in [0.05, 0.1) is 12.1 Å². The number of rotatable bonds is 5. The standard InChI is InChI=1S/C9H14N2/c1-4-6-11(7-5-2)9(3)8-10/h4-5,9H,1-2,6-7H2,3H3. The van der Waals surface area contributed by atoms with E-state index in [-0.39, 0.29) is 6.04 Å². The molecule has 0 saturated carbocycles. The molecule has 0 spiro atoms. The molecule has 0 bridgehead atoms. The lowest BCUT2D eigenvalue weighted by Gasteiger charge is -2.20. The summed E-state index contributed by atoms with van der Waals surface area (Å²) in [6.45, 7) is 10.6. The van der Waals surface area contributed by atoms with Crippen molar-refractivity contribution >= 4 is 0 Å². The van der Waals surface area contributed by atoms with Gasteiger partial charge in [-0.1, -0.05) is 12.2 Å². The van der Waals surface area contributed by atoms with Crippen molar-refractivity contribution in [3.05, 3.63) is 25.3 Å². The largest absolute Gasteiger partial charge is 0.281 e. The van der Waals surface area contributed by atoms with Crippen LogP contribution in [0.3, 0.4) is 0 Å². The van der Waals surface area contributed by atoms with Gasteiger partial charge in [0.1, 0.15) is 0 Å². The molecule has 0 aliphatic rings. The molecule has 0 N–H and O–H groups in total. The van der Waals surface area contributed by atoms with Gasteiger partial charge in [-0.15, -0.1) is 13.2 Å². The second-order valence-corrected chi connectivity index (χ2v) is 2.34. The van der Waals surface area contributed by atoms with E-state index in [1.54, 1.807) is 12.2 Å². The van der Waals surface area contributed by atoms with Crippen LogP contribution in [0.1, 0.15) is 6.92 Å². The van der Waals surface area contributed by atoms with Crippen molar-refractivity contribution in [3.63, 3.8) is 0 Å². The Morgan fingerprint density at radius 2 is 1.91 bits per heavy atom. The normalized spacial score (nSPS) is 12.1. The summed E-state index contributed by atoms with van der Waals surface area (Å²) < 4.78 is 0. The zero-order valence-corrected chi connectivity index (χ0v) is 6.95. The molecular formula is C9H14N2. The lowest BCUT2D eigenvalue weighted by atomic mass is 10.3. The fraction of sp³-hybridized carbons (Fsp3) is 0.444. The molecule has 0 aromatic rings. The van der Waals surface area contributed by atoms with Crippen LogP contribution in [0.4, 0.5) is 0 Å². The maximum absolute atomic E-state index is 8.60. The van der Waals surface area contributed by atoms with Crippen molar-refractivity contribution in [2.24, 2.45) is 0 Å². The number of hydrogen-bond donors (Lipinski definition) is 0. The Balaban J connectivity index is 3.98. The first-order valence-corrected chi connectivity index (χ1v) is 3.61. The highest BCUT2D eigenvalue weighted by atomic mass is 15.1. The van der Waals surface area contributed by atoms with Crippen LogP contribution in [0.15, 0.2) is 25.3 Å². The maximum Gasteiger partial charge on any atom is 0.0954 e. The summed E-state index contributed by atoms with van der Waals surface area (Å²) in [5, 5.41) is 8.60. The average molecular weight is 150 g/mol. The zero-order chi connectivity index (χ0) is 8.69. The minimum absolute atomic E-state index is 0.0639. The highest BCUT2D eigenvalue weighted by Gasteiger charge is 2.07. The van der Waals surface area contributed by atoms with Crippen LogP contribution in [0.2, 0.25) is 0 Å². The van der Waals surface area contributed by atoms with Crippen molar-refractivity contribution < 1.29 is 0 Å². The zero-order valence-electron chi connectivity index (χ0n) is 6.95. The lowest BCUT2D eigenvalue weighted by molar-refractivity contribution is 0.302. The lowest BCUT2D eigenvalue weighted by Crippen LogP contribution is -2.32. The molecule has 0 rings (SSSR count). The molecule has 0 saturated heterocycles. The van der Waals surface area contributed by atoms with Gasteiger partial charge in [-0.25, -0.2) is 0 Å². The van der Waals surface area contributed by atoms with E-state index in [1.165, 1.54) is 0 Å². The van der Waals surface area contributed by atoms with E-state index < -0.39 is 0 Å². The summed E-state index contributed by atoms with van der Waals surface area (Å²) >= 11 is 0. The number of nitrogens with zero attached hydrogens (tertiary/aromatic N) is 2. The third-order valence-electron chi connectivity index (χ3n) is 1.46. The molecule has 2 nitrogen and oxygen atoms in total. The summed E-state index contributed by atoms with van der Waals surface area (Å²) in [4.78, 5) is 1.99. The molecule has 0 radical (unpaired) electrons. The second kappa shape index (κ2) is 5.70. The van der Waals surface area contributed by atoms with E-state index in [0.29, 0.717) is 0 Å². The van der Waals surface area contributed by atoms with Crippen molar-refractivity contribution in [2.75, 3.05) is 13.1 Å². The molecule has 0 aromatic carbocycles. The van der Waals surface area contributed by atoms with E-state index in [2.05, 4.69) is 19.2 Å². The first kappa shape index (κ1) is 9.93. The smallest absolute Gasteiger partial charge is 0.0954 e. The van der Waals surface area contributed by atoms with Crippen LogP contribution in [0.25, 0.3) is 0 Å². The summed E-state index contributed by atoms with van der Waals surface area (Å²) in [6.07, 6.45) is 3.58. The predicted molar refractivity (Wildman–Crippen MR) is 47.0 cm³/mol. The van der Waals surface area contributed by atoms with Crippen LogP contribution in [0, 0.1) is 11.3 Å². The van der Waals surface area contributed by atoms with Gasteiger partial charge in [-0.3, -0.25) is 4.90 Å². The summed E-state index contributed by atoms with van der Waals surface area (Å²) in [5.74, 6) is 0. The van der Waals surface area contributed by atoms with Crippen molar-refractivity contribution in [1.82, 2.24) is 4.90 Å². The quantitative estimate of drug-likeness (QED) is 0.556. The third-order valence-corrected chi connectivity index (χ3v) is 1.46. The molecule has 0 aliphatic carbocycles. The second-order valence-electron chi connectivity index (χ2n) is 2.34. The van der Waals surface area contributed by atoms with Gasteiger partial charge in [0.25, 0.3) is 0 Å². The first-order chi connectivity index (χ1) is 5.26. The fourth-order valence-corrected chi connectivity index (χ4v) is 0.804. The highest BCUT2D eigenvalue weighted by molar-refractivity contribution is 4.93. The van der Waals surface area contributed by atoms with Gasteiger partial charge >= 0.3 is 0 Å². The minimum atomic E-state index is -0.0639. The van der Waals surface area contributed by atoms with Crippen LogP contribution in [-0.4, -0.2) is 24.0 Å². The topological polar surface area (TPSA) is 27.0 Å². The Labute approximate surface area is 68.4 Å². The van der Waals surface area contributed by atoms with Gasteiger partial charge in [0.15, 0.2) is 0 Å². The van der Waals surface area contributed by atoms with E-state index >= 15 is 0 Å². The van der Waals surface area contributed by atoms with Gasteiger partial charge < -0.3 is 0 Å². The van der Waals surface area contributed by atoms with Crippen molar-refractivity contribution in [2.45, 2.75) is 13.0 Å². The molecule has 0 heterocycles. The van der Waals surface area contributed by atoms with Crippen LogP contribution < -0.4 is 0 Å². The molecule has 0 fully saturated rings. The SMILES string of the molecule is C=CCN(CC=C)C(C)C#N. The summed E-state index contributed by atoms with van der Waals surface area (Å²) in [7, 11) is 0. The van der Waals surface area contributed by atoms with Crippen LogP contribution in [0.5, 0.6) is 0 Å². The van der Waals surface area contributed by atoms with Gasteiger partial charge in [0.2, 0.25) is 0 Å². The van der Waals surface area contributed by atoms with E-state index in [4.69, 9.17) is 5.26 Å². The average Bonchev–Trinajstić information content (AvgIpc) is 2.03. The Hall–Kier alpha value is -1.07. The van der Waals surface area contributed by atoms with Gasteiger partial charge in [0, 0.05) is 13.1 Å². The Bertz CT molecular complexity index is 157. The molecule has 11 heavy (non-hydrogen) atoms. The molecule has 0 aliphatic heterocycles. The van der Waals surface area contributed by atoms with E-state index in [1.807, 2.05) is 11.8 Å². The van der Waals surface area contributed by atoms with Crippen molar-refractivity contribution in [3.8, 4) is 6.07 Å². The highest BCUT2D eigenvalue weighted by Crippen LogP contribution is 1.96. The van der Waals surface area contributed by atoms with E-state index in [0.717, 1.165) is 13.1 Å². The summed E-state index contributed by atoms with van der Waals surface area (Å²) in [6, 6.07) is 2.10. The van der Waals surface area contributed by atoms with Crippen molar-refractivity contribution in [1.29, 1.82) is 5.26 Å². The molecule has 2 heteroatoms. The van der Waals surface area contributed by atoms with Gasteiger partial charge in [-0.05, 0) is 6.92 Å². The van der Waals surface area contributed by atoms with E-state index in [9.17, 15) is 0 Å². The third kappa shape index (κ3) is 3.59. The van der Waals surface area contributed by atoms with Gasteiger partial charge in [-0.2, -0.15) is 5.26 Å². The molecule has 1 unspecified atom stereocenters. The Morgan fingerprint density at radius 3 is 2.18 bits per heavy atom. The fourth-order valence-electron chi connectivity index (χ4n) is 0.804. The number of nitriles is 1. The minimum Gasteiger partial charge on any atom is -0.281 e. The van der Waals surface area contributed by atoms with Crippen LogP contribution in [-0.2, 0) is 0 Å². The monoisotopic (exact) mass is 150 g/mol. The molecule has 0 amide bonds. The molecule has 60 valence electrons. The molecule has 0 aromatic heterocycles. The number of hydrogen-bond acceptors (Lipinski definition) is 2. The Morgan fingerprint density at radius 1 is 1.45 bits per heavy atom. The molecule has 1 atom stereocenters. The first-order valence-electron chi connectivity index (χ1n) is 3.61. The maximum atomic E-state index is 8.60. The predicted octanol–water partition coefficient (Wildman–Crippen LogP) is 1.57. The Kier molecular flexibility index (Phi) is 5.14. The van der Waals surface area contributed by atoms with Crippen LogP contribution >= 0.6 is 0 Å².